The molecule has 2 N–H and O–H groups in total. The van der Waals surface area contributed by atoms with Crippen molar-refractivity contribution in [3.05, 3.63) is 89.4 Å². The van der Waals surface area contributed by atoms with Gasteiger partial charge in [-0.2, -0.15) is 0 Å². The molecule has 1 aromatic heterocycles. The third-order valence-corrected chi connectivity index (χ3v) is 4.30. The third kappa shape index (κ3) is 5.30. The van der Waals surface area contributed by atoms with Crippen LogP contribution in [-0.4, -0.2) is 24.5 Å². The molecule has 0 spiro atoms. The fraction of sp³-hybridized carbons (Fsp3) is 0.182. The van der Waals surface area contributed by atoms with E-state index in [0.29, 0.717) is 16.9 Å². The fourth-order valence-electron chi connectivity index (χ4n) is 2.68. The summed E-state index contributed by atoms with van der Waals surface area (Å²) in [6, 6.07) is 17.7. The Balaban J connectivity index is 1.47. The number of halogens is 1. The van der Waals surface area contributed by atoms with Crippen molar-refractivity contribution in [3.63, 3.8) is 0 Å². The minimum absolute atomic E-state index is 0.132. The summed E-state index contributed by atoms with van der Waals surface area (Å²) in [5.41, 5.74) is 2.06. The summed E-state index contributed by atoms with van der Waals surface area (Å²) in [6.07, 6.45) is 2.35. The topological polar surface area (TPSA) is 63.2 Å². The van der Waals surface area contributed by atoms with E-state index in [1.54, 1.807) is 37.4 Å². The van der Waals surface area contributed by atoms with Gasteiger partial charge in [-0.1, -0.05) is 30.3 Å². The highest BCUT2D eigenvalue weighted by Crippen LogP contribution is 2.12. The molecular formula is C22H22FN3O2. The Kier molecular flexibility index (Phi) is 6.57. The summed E-state index contributed by atoms with van der Waals surface area (Å²) >= 11 is 0. The normalized spacial score (nSPS) is 10.4. The van der Waals surface area contributed by atoms with Crippen LogP contribution >= 0.6 is 0 Å². The maximum Gasteiger partial charge on any atom is 0.253 e. The number of nitrogens with zero attached hydrogens (tertiary/aromatic N) is 1. The minimum Gasteiger partial charge on any atom is -0.497 e. The van der Waals surface area contributed by atoms with Crippen molar-refractivity contribution < 1.29 is 13.9 Å². The van der Waals surface area contributed by atoms with E-state index >= 15 is 0 Å². The van der Waals surface area contributed by atoms with Gasteiger partial charge in [0.1, 0.15) is 17.4 Å². The van der Waals surface area contributed by atoms with Crippen LogP contribution in [0.25, 0.3) is 0 Å². The van der Waals surface area contributed by atoms with Crippen LogP contribution in [0.1, 0.15) is 21.5 Å². The van der Waals surface area contributed by atoms with Gasteiger partial charge in [0.15, 0.2) is 0 Å². The third-order valence-electron chi connectivity index (χ3n) is 4.30. The molecule has 0 saturated carbocycles. The van der Waals surface area contributed by atoms with Gasteiger partial charge in [-0.15, -0.1) is 0 Å². The summed E-state index contributed by atoms with van der Waals surface area (Å²) in [5, 5.41) is 5.93. The van der Waals surface area contributed by atoms with Gasteiger partial charge < -0.3 is 15.4 Å². The number of aromatic nitrogens is 1. The van der Waals surface area contributed by atoms with Crippen LogP contribution in [0.2, 0.25) is 0 Å². The molecular weight excluding hydrogens is 357 g/mol. The monoisotopic (exact) mass is 379 g/mol. The molecule has 0 aliphatic heterocycles. The molecule has 0 fully saturated rings. The molecule has 0 bridgehead atoms. The first-order valence-electron chi connectivity index (χ1n) is 9.00. The second-order valence-corrected chi connectivity index (χ2v) is 6.23. The van der Waals surface area contributed by atoms with Gasteiger partial charge in [0.25, 0.3) is 5.91 Å². The number of nitrogens with one attached hydrogen (secondary N) is 2. The predicted molar refractivity (Wildman–Crippen MR) is 107 cm³/mol. The molecule has 1 heterocycles. The Morgan fingerprint density at radius 2 is 1.86 bits per heavy atom. The number of hydrogen-bond acceptors (Lipinski definition) is 4. The van der Waals surface area contributed by atoms with E-state index in [0.717, 1.165) is 18.7 Å². The Labute approximate surface area is 163 Å². The maximum absolute atomic E-state index is 13.6. The molecule has 0 unspecified atom stereocenters. The Bertz CT molecular complexity index is 912. The number of pyridine rings is 1. The molecule has 5 nitrogen and oxygen atoms in total. The molecule has 3 rings (SSSR count). The number of amides is 1. The van der Waals surface area contributed by atoms with Crippen LogP contribution in [0.3, 0.4) is 0 Å². The Morgan fingerprint density at radius 3 is 2.54 bits per heavy atom. The van der Waals surface area contributed by atoms with Gasteiger partial charge in [0, 0.05) is 24.8 Å². The number of rotatable bonds is 8. The molecule has 0 atom stereocenters. The molecule has 0 aliphatic rings. The summed E-state index contributed by atoms with van der Waals surface area (Å²) in [7, 11) is 1.64. The summed E-state index contributed by atoms with van der Waals surface area (Å²) in [4.78, 5) is 16.5. The highest BCUT2D eigenvalue weighted by atomic mass is 19.1. The Morgan fingerprint density at radius 1 is 1.07 bits per heavy atom. The van der Waals surface area contributed by atoms with Gasteiger partial charge in [-0.25, -0.2) is 9.37 Å². The van der Waals surface area contributed by atoms with E-state index in [1.807, 2.05) is 24.3 Å². The SMILES string of the molecule is COc1ccc(CCNc2ccc(C(=O)NCc3ccccc3F)cn2)cc1. The van der Waals surface area contributed by atoms with Gasteiger partial charge in [0.2, 0.25) is 0 Å². The van der Waals surface area contributed by atoms with Gasteiger partial charge in [-0.3, -0.25) is 4.79 Å². The molecule has 0 saturated heterocycles. The molecule has 28 heavy (non-hydrogen) atoms. The van der Waals surface area contributed by atoms with Crippen LogP contribution in [0.5, 0.6) is 5.75 Å². The first kappa shape index (κ1) is 19.4. The van der Waals surface area contributed by atoms with Crippen molar-refractivity contribution in [1.29, 1.82) is 0 Å². The zero-order valence-electron chi connectivity index (χ0n) is 15.6. The highest BCUT2D eigenvalue weighted by Gasteiger charge is 2.08. The zero-order valence-corrected chi connectivity index (χ0v) is 15.6. The number of hydrogen-bond donors (Lipinski definition) is 2. The number of anilines is 1. The van der Waals surface area contributed by atoms with Gasteiger partial charge in [-0.05, 0) is 42.3 Å². The van der Waals surface area contributed by atoms with Crippen molar-refractivity contribution in [2.45, 2.75) is 13.0 Å². The van der Waals surface area contributed by atoms with E-state index in [2.05, 4.69) is 15.6 Å². The van der Waals surface area contributed by atoms with E-state index in [-0.39, 0.29) is 18.3 Å². The minimum atomic E-state index is -0.336. The van der Waals surface area contributed by atoms with Gasteiger partial charge in [0.05, 0.1) is 12.7 Å². The number of methoxy groups -OCH3 is 1. The van der Waals surface area contributed by atoms with Crippen molar-refractivity contribution in [3.8, 4) is 5.75 Å². The van der Waals surface area contributed by atoms with Crippen molar-refractivity contribution in [1.82, 2.24) is 10.3 Å². The highest BCUT2D eigenvalue weighted by molar-refractivity contribution is 5.94. The van der Waals surface area contributed by atoms with Crippen LogP contribution in [-0.2, 0) is 13.0 Å². The van der Waals surface area contributed by atoms with Crippen molar-refractivity contribution in [2.75, 3.05) is 19.0 Å². The molecule has 3 aromatic rings. The molecule has 6 heteroatoms. The van der Waals surface area contributed by atoms with Gasteiger partial charge >= 0.3 is 0 Å². The van der Waals surface area contributed by atoms with Crippen LogP contribution < -0.4 is 15.4 Å². The lowest BCUT2D eigenvalue weighted by Gasteiger charge is -2.08. The van der Waals surface area contributed by atoms with Crippen LogP contribution in [0, 0.1) is 5.82 Å². The zero-order chi connectivity index (χ0) is 19.8. The van der Waals surface area contributed by atoms with E-state index in [9.17, 15) is 9.18 Å². The summed E-state index contributed by atoms with van der Waals surface area (Å²) in [6.45, 7) is 0.853. The van der Waals surface area contributed by atoms with E-state index < -0.39 is 0 Å². The largest absolute Gasteiger partial charge is 0.497 e. The molecule has 0 aliphatic carbocycles. The molecule has 1 amide bonds. The fourth-order valence-corrected chi connectivity index (χ4v) is 2.68. The average Bonchev–Trinajstić information content (AvgIpc) is 2.74. The Hall–Kier alpha value is -3.41. The smallest absolute Gasteiger partial charge is 0.253 e. The maximum atomic E-state index is 13.6. The summed E-state index contributed by atoms with van der Waals surface area (Å²) < 4.78 is 18.7. The number of ether oxygens (including phenoxy) is 1. The lowest BCUT2D eigenvalue weighted by atomic mass is 10.1. The van der Waals surface area contributed by atoms with Crippen molar-refractivity contribution >= 4 is 11.7 Å². The van der Waals surface area contributed by atoms with Crippen LogP contribution in [0.15, 0.2) is 66.9 Å². The first-order chi connectivity index (χ1) is 13.7. The second kappa shape index (κ2) is 9.50. The first-order valence-corrected chi connectivity index (χ1v) is 9.00. The quantitative estimate of drug-likeness (QED) is 0.625. The lowest BCUT2D eigenvalue weighted by Crippen LogP contribution is -2.23. The standard InChI is InChI=1S/C22H22FN3O2/c1-28-19-9-6-16(7-10-19)12-13-24-21-11-8-18(15-25-21)22(27)26-14-17-4-2-3-5-20(17)23/h2-11,15H,12-14H2,1H3,(H,24,25)(H,26,27). The predicted octanol–water partition coefficient (Wildman–Crippen LogP) is 3.81. The van der Waals surface area contributed by atoms with Crippen LogP contribution in [0.4, 0.5) is 10.2 Å². The number of benzene rings is 2. The number of carbonyl (C=O) groups excluding carboxylic acids is 1. The van der Waals surface area contributed by atoms with E-state index in [4.69, 9.17) is 4.74 Å². The second-order valence-electron chi connectivity index (χ2n) is 6.23. The lowest BCUT2D eigenvalue weighted by molar-refractivity contribution is 0.0950. The number of carbonyl (C=O) groups is 1. The van der Waals surface area contributed by atoms with E-state index in [1.165, 1.54) is 17.8 Å². The summed E-state index contributed by atoms with van der Waals surface area (Å²) in [5.74, 6) is 0.902. The average molecular weight is 379 g/mol. The molecule has 144 valence electrons. The molecule has 2 aromatic carbocycles. The molecule has 0 radical (unpaired) electrons. The van der Waals surface area contributed by atoms with Crippen molar-refractivity contribution in [2.24, 2.45) is 0 Å².